The van der Waals surface area contributed by atoms with Crippen molar-refractivity contribution in [2.24, 2.45) is 0 Å². The Hall–Kier alpha value is -2.14. The van der Waals surface area contributed by atoms with E-state index in [1.165, 1.54) is 5.56 Å². The van der Waals surface area contributed by atoms with Gasteiger partial charge in [0.1, 0.15) is 0 Å². The van der Waals surface area contributed by atoms with E-state index < -0.39 is 0 Å². The molecule has 0 radical (unpaired) electrons. The fourth-order valence-corrected chi connectivity index (χ4v) is 1.73. The number of rotatable bonds is 6. The van der Waals surface area contributed by atoms with E-state index >= 15 is 0 Å². The number of benzene rings is 1. The van der Waals surface area contributed by atoms with Crippen LogP contribution in [0.3, 0.4) is 0 Å². The summed E-state index contributed by atoms with van der Waals surface area (Å²) in [7, 11) is 0. The van der Waals surface area contributed by atoms with Gasteiger partial charge in [-0.1, -0.05) is 37.3 Å². The number of carbonyl (C=O) groups excluding carboxylic acids is 1. The minimum atomic E-state index is -0.0545. The first-order chi connectivity index (χ1) is 9.28. The lowest BCUT2D eigenvalue weighted by atomic mass is 10.2. The zero-order valence-electron chi connectivity index (χ0n) is 11.0. The lowest BCUT2D eigenvalue weighted by Gasteiger charge is -2.02. The van der Waals surface area contributed by atoms with Crippen LogP contribution in [-0.2, 0) is 11.3 Å². The number of amides is 1. The lowest BCUT2D eigenvalue weighted by molar-refractivity contribution is -0.115. The standard InChI is InChI=1S/C14H18N4O/c1-2-15-9-14(19)17-13-8-16-18(11-13)10-12-6-4-3-5-7-12/h3-8,11,15H,2,9-10H2,1H3,(H,17,19). The van der Waals surface area contributed by atoms with Crippen molar-refractivity contribution < 1.29 is 4.79 Å². The summed E-state index contributed by atoms with van der Waals surface area (Å²) < 4.78 is 1.80. The van der Waals surface area contributed by atoms with Crippen molar-refractivity contribution in [1.82, 2.24) is 15.1 Å². The molecular formula is C14H18N4O. The van der Waals surface area contributed by atoms with Crippen molar-refractivity contribution in [3.8, 4) is 0 Å². The van der Waals surface area contributed by atoms with Crippen LogP contribution in [0, 0.1) is 0 Å². The molecule has 1 amide bonds. The maximum atomic E-state index is 11.5. The first kappa shape index (κ1) is 13.3. The smallest absolute Gasteiger partial charge is 0.238 e. The molecule has 2 aromatic rings. The van der Waals surface area contributed by atoms with Gasteiger partial charge in [-0.05, 0) is 12.1 Å². The van der Waals surface area contributed by atoms with Crippen LogP contribution >= 0.6 is 0 Å². The molecule has 0 fully saturated rings. The number of aromatic nitrogens is 2. The van der Waals surface area contributed by atoms with Gasteiger partial charge in [-0.3, -0.25) is 9.48 Å². The molecule has 1 heterocycles. The Morgan fingerprint density at radius 1 is 1.32 bits per heavy atom. The normalized spacial score (nSPS) is 10.4. The number of hydrogen-bond donors (Lipinski definition) is 2. The fourth-order valence-electron chi connectivity index (χ4n) is 1.73. The van der Waals surface area contributed by atoms with Crippen LogP contribution in [0.5, 0.6) is 0 Å². The molecule has 1 aromatic carbocycles. The highest BCUT2D eigenvalue weighted by atomic mass is 16.1. The van der Waals surface area contributed by atoms with Gasteiger partial charge in [-0.2, -0.15) is 5.10 Å². The number of nitrogens with zero attached hydrogens (tertiary/aromatic N) is 2. The number of carbonyl (C=O) groups is 1. The number of anilines is 1. The summed E-state index contributed by atoms with van der Waals surface area (Å²) >= 11 is 0. The minimum Gasteiger partial charge on any atom is -0.322 e. The summed E-state index contributed by atoms with van der Waals surface area (Å²) in [6.45, 7) is 3.76. The quantitative estimate of drug-likeness (QED) is 0.825. The SMILES string of the molecule is CCNCC(=O)Nc1cnn(Cc2ccccc2)c1. The monoisotopic (exact) mass is 258 g/mol. The first-order valence-corrected chi connectivity index (χ1v) is 6.35. The second kappa shape index (κ2) is 6.70. The van der Waals surface area contributed by atoms with Crippen molar-refractivity contribution in [2.75, 3.05) is 18.4 Å². The summed E-state index contributed by atoms with van der Waals surface area (Å²) in [5.41, 5.74) is 1.90. The molecule has 0 unspecified atom stereocenters. The summed E-state index contributed by atoms with van der Waals surface area (Å²) in [5, 5.41) is 10.0. The molecule has 0 saturated heterocycles. The number of likely N-dealkylation sites (N-methyl/N-ethyl adjacent to an activating group) is 1. The summed E-state index contributed by atoms with van der Waals surface area (Å²) in [5.74, 6) is -0.0545. The lowest BCUT2D eigenvalue weighted by Crippen LogP contribution is -2.27. The van der Waals surface area contributed by atoms with Crippen molar-refractivity contribution in [3.63, 3.8) is 0 Å². The summed E-state index contributed by atoms with van der Waals surface area (Å²) in [4.78, 5) is 11.5. The Labute approximate surface area is 112 Å². The van der Waals surface area contributed by atoms with E-state index in [1.807, 2.05) is 43.5 Å². The van der Waals surface area contributed by atoms with Crippen LogP contribution in [-0.4, -0.2) is 28.8 Å². The molecule has 100 valence electrons. The Morgan fingerprint density at radius 2 is 2.11 bits per heavy atom. The van der Waals surface area contributed by atoms with Crippen LogP contribution in [0.15, 0.2) is 42.7 Å². The van der Waals surface area contributed by atoms with Crippen molar-refractivity contribution in [2.45, 2.75) is 13.5 Å². The Balaban J connectivity index is 1.90. The van der Waals surface area contributed by atoms with Crippen LogP contribution in [0.2, 0.25) is 0 Å². The maximum absolute atomic E-state index is 11.5. The Kier molecular flexibility index (Phi) is 4.69. The molecule has 5 nitrogen and oxygen atoms in total. The van der Waals surface area contributed by atoms with E-state index in [4.69, 9.17) is 0 Å². The van der Waals surface area contributed by atoms with Gasteiger partial charge >= 0.3 is 0 Å². The van der Waals surface area contributed by atoms with Crippen molar-refractivity contribution in [3.05, 3.63) is 48.3 Å². The van der Waals surface area contributed by atoms with E-state index in [-0.39, 0.29) is 5.91 Å². The molecule has 0 aliphatic carbocycles. The highest BCUT2D eigenvalue weighted by Gasteiger charge is 2.04. The maximum Gasteiger partial charge on any atom is 0.238 e. The van der Waals surface area contributed by atoms with E-state index in [9.17, 15) is 4.79 Å². The molecule has 0 atom stereocenters. The van der Waals surface area contributed by atoms with Gasteiger partial charge in [0, 0.05) is 6.20 Å². The molecular weight excluding hydrogens is 240 g/mol. The third-order valence-corrected chi connectivity index (χ3v) is 2.64. The van der Waals surface area contributed by atoms with Crippen LogP contribution in [0.4, 0.5) is 5.69 Å². The highest BCUT2D eigenvalue weighted by molar-refractivity contribution is 5.91. The predicted octanol–water partition coefficient (Wildman–Crippen LogP) is 1.48. The minimum absolute atomic E-state index is 0.0545. The van der Waals surface area contributed by atoms with Gasteiger partial charge in [0.05, 0.1) is 25.0 Å². The molecule has 2 N–H and O–H groups in total. The van der Waals surface area contributed by atoms with Crippen LogP contribution in [0.25, 0.3) is 0 Å². The third-order valence-electron chi connectivity index (χ3n) is 2.64. The molecule has 19 heavy (non-hydrogen) atoms. The van der Waals surface area contributed by atoms with Gasteiger partial charge in [-0.25, -0.2) is 0 Å². The zero-order chi connectivity index (χ0) is 13.5. The molecule has 5 heteroatoms. The average molecular weight is 258 g/mol. The van der Waals surface area contributed by atoms with Crippen molar-refractivity contribution >= 4 is 11.6 Å². The van der Waals surface area contributed by atoms with Gasteiger partial charge < -0.3 is 10.6 Å². The second-order valence-corrected chi connectivity index (χ2v) is 4.24. The topological polar surface area (TPSA) is 59.0 Å². The van der Waals surface area contributed by atoms with Crippen LogP contribution in [0.1, 0.15) is 12.5 Å². The van der Waals surface area contributed by atoms with E-state index in [0.717, 1.165) is 12.2 Å². The van der Waals surface area contributed by atoms with E-state index in [2.05, 4.69) is 15.7 Å². The fraction of sp³-hybridized carbons (Fsp3) is 0.286. The van der Waals surface area contributed by atoms with Gasteiger partial charge in [0.15, 0.2) is 0 Å². The van der Waals surface area contributed by atoms with Crippen LogP contribution < -0.4 is 10.6 Å². The second-order valence-electron chi connectivity index (χ2n) is 4.24. The molecule has 0 aliphatic heterocycles. The third kappa shape index (κ3) is 4.22. The summed E-state index contributed by atoms with van der Waals surface area (Å²) in [6.07, 6.45) is 3.49. The number of hydrogen-bond acceptors (Lipinski definition) is 3. The molecule has 0 bridgehead atoms. The Bertz CT molecular complexity index is 521. The van der Waals surface area contributed by atoms with Crippen molar-refractivity contribution in [1.29, 1.82) is 0 Å². The highest BCUT2D eigenvalue weighted by Crippen LogP contribution is 2.07. The molecule has 0 spiro atoms. The van der Waals surface area contributed by atoms with E-state index in [1.54, 1.807) is 10.9 Å². The molecule has 0 aliphatic rings. The van der Waals surface area contributed by atoms with Gasteiger partial charge in [0.25, 0.3) is 0 Å². The zero-order valence-corrected chi connectivity index (χ0v) is 11.0. The first-order valence-electron chi connectivity index (χ1n) is 6.35. The largest absolute Gasteiger partial charge is 0.322 e. The summed E-state index contributed by atoms with van der Waals surface area (Å²) in [6, 6.07) is 10.1. The van der Waals surface area contributed by atoms with E-state index in [0.29, 0.717) is 13.1 Å². The molecule has 0 saturated carbocycles. The average Bonchev–Trinajstić information content (AvgIpc) is 2.85. The molecule has 2 rings (SSSR count). The van der Waals surface area contributed by atoms with Gasteiger partial charge in [-0.15, -0.1) is 0 Å². The van der Waals surface area contributed by atoms with Gasteiger partial charge in [0.2, 0.25) is 5.91 Å². The molecule has 1 aromatic heterocycles. The predicted molar refractivity (Wildman–Crippen MR) is 74.9 cm³/mol. The Morgan fingerprint density at radius 3 is 2.84 bits per heavy atom. The number of nitrogens with one attached hydrogen (secondary N) is 2.